The molecule has 1 atom stereocenters. The number of ether oxygens (including phenoxy) is 1. The van der Waals surface area contributed by atoms with Crippen LogP contribution >= 0.6 is 12.0 Å². The Morgan fingerprint density at radius 2 is 1.46 bits per heavy atom. The van der Waals surface area contributed by atoms with Crippen LogP contribution in [-0.4, -0.2) is 23.5 Å². The van der Waals surface area contributed by atoms with Crippen LogP contribution < -0.4 is 5.26 Å². The number of benzene rings is 2. The van der Waals surface area contributed by atoms with E-state index in [0.29, 0.717) is 0 Å². The van der Waals surface area contributed by atoms with E-state index in [1.54, 1.807) is 0 Å². The molecule has 12 heteroatoms. The van der Waals surface area contributed by atoms with Gasteiger partial charge in [0.25, 0.3) is 6.10 Å². The summed E-state index contributed by atoms with van der Waals surface area (Å²) in [5.41, 5.74) is -0.353. The third kappa shape index (κ3) is 8.44. The van der Waals surface area contributed by atoms with Crippen LogP contribution in [0.15, 0.2) is 65.6 Å². The van der Waals surface area contributed by atoms with Gasteiger partial charge in [-0.1, -0.05) is 36.4 Å². The monoisotopic (exact) mass is 444 g/mol. The molecule has 154 valence electrons. The molecule has 1 unspecified atom stereocenters. The molecule has 2 aromatic carbocycles. The molecule has 0 bridgehead atoms. The second kappa shape index (κ2) is 11.2. The summed E-state index contributed by atoms with van der Waals surface area (Å²) in [6.07, 6.45) is -9.41. The van der Waals surface area contributed by atoms with Crippen LogP contribution in [0.4, 0.5) is 22.0 Å². The minimum Gasteiger partial charge on any atom is -0.691 e. The van der Waals surface area contributed by atoms with E-state index in [2.05, 4.69) is 26.7 Å². The summed E-state index contributed by atoms with van der Waals surface area (Å²) < 4.78 is 71.2. The lowest BCUT2D eigenvalue weighted by Crippen LogP contribution is -2.46. The molecule has 0 N–H and O–H groups in total. The van der Waals surface area contributed by atoms with E-state index in [9.17, 15) is 32.0 Å². The molecular weight excluding hydrogens is 431 g/mol. The molecule has 0 saturated heterocycles. The molecule has 2 aromatic rings. The van der Waals surface area contributed by atoms with Crippen molar-refractivity contribution in [3.63, 3.8) is 0 Å². The third-order valence-electron chi connectivity index (χ3n) is 2.78. The lowest BCUT2D eigenvalue weighted by Gasteiger charge is -2.26. The lowest BCUT2D eigenvalue weighted by atomic mass is 10.2. The maximum Gasteiger partial charge on any atom is 0.432 e. The van der Waals surface area contributed by atoms with Gasteiger partial charge in [-0.3, -0.25) is 5.04 Å². The van der Waals surface area contributed by atoms with E-state index in [4.69, 9.17) is 0 Å². The van der Waals surface area contributed by atoms with Crippen LogP contribution in [0, 0.1) is 0 Å². The zero-order valence-electron chi connectivity index (χ0n) is 13.7. The zero-order valence-corrected chi connectivity index (χ0v) is 15.5. The largest absolute Gasteiger partial charge is 0.691 e. The maximum atomic E-state index is 13.3. The molecule has 0 fully saturated rings. The van der Waals surface area contributed by atoms with Crippen molar-refractivity contribution in [2.75, 3.05) is 0 Å². The molecule has 0 saturated carbocycles. The molecule has 0 amide bonds. The molecule has 5 nitrogen and oxygen atoms in total. The number of esters is 1. The highest BCUT2D eigenvalue weighted by Gasteiger charge is 2.60. The average molecular weight is 444 g/mol. The van der Waals surface area contributed by atoms with Gasteiger partial charge >= 0.3 is 17.4 Å². The molecule has 0 aromatic heterocycles. The number of rotatable bonds is 6. The number of hydrogen-bond acceptors (Lipinski definition) is 6. The van der Waals surface area contributed by atoms with E-state index in [1.165, 1.54) is 18.2 Å². The van der Waals surface area contributed by atoms with Gasteiger partial charge in [0, 0.05) is 0 Å². The normalized spacial score (nSPS) is 12.5. The Labute approximate surface area is 165 Å². The molecule has 2 rings (SSSR count). The summed E-state index contributed by atoms with van der Waals surface area (Å²) in [5, 5.41) is 7.20. The Morgan fingerprint density at radius 3 is 1.86 bits per heavy atom. The van der Waals surface area contributed by atoms with Gasteiger partial charge in [0.1, 0.15) is 16.9 Å². The predicted octanol–water partition coefficient (Wildman–Crippen LogP) is 3.30. The van der Waals surface area contributed by atoms with E-state index in [0.717, 1.165) is 17.0 Å². The Bertz CT molecular complexity index is 716. The van der Waals surface area contributed by atoms with E-state index in [1.807, 2.05) is 30.3 Å². The van der Waals surface area contributed by atoms with Crippen molar-refractivity contribution in [1.29, 1.82) is 0 Å². The van der Waals surface area contributed by atoms with Crippen molar-refractivity contribution >= 4 is 30.6 Å². The molecule has 0 aliphatic heterocycles. The van der Waals surface area contributed by atoms with Crippen LogP contribution in [-0.2, 0) is 26.7 Å². The SMILES string of the molecule is O=C(OC(C(F)(F)F)C(F)(F)SOO[O-])c1ccccc1.[SH2+]c1ccccc1. The van der Waals surface area contributed by atoms with Gasteiger partial charge < -0.3 is 9.99 Å². The Hall–Kier alpha value is -1.86. The topological polar surface area (TPSA) is 67.8 Å². The fourth-order valence-electron chi connectivity index (χ4n) is 1.62. The molecule has 0 spiro atoms. The number of carbonyl (C=O) groups is 1. The highest BCUT2D eigenvalue weighted by atomic mass is 32.2. The number of halogens is 5. The highest BCUT2D eigenvalue weighted by molar-refractivity contribution is 7.95. The zero-order chi connectivity index (χ0) is 21.2. The molecule has 0 aliphatic carbocycles. The smallest absolute Gasteiger partial charge is 0.432 e. The van der Waals surface area contributed by atoms with Gasteiger partial charge in [-0.15, -0.1) is 0 Å². The van der Waals surface area contributed by atoms with Crippen LogP contribution in [0.5, 0.6) is 0 Å². The van der Waals surface area contributed by atoms with Gasteiger partial charge in [-0.05, 0) is 36.9 Å². The first-order valence-corrected chi connectivity index (χ1v) is 8.43. The van der Waals surface area contributed by atoms with Crippen molar-refractivity contribution in [3.05, 3.63) is 66.2 Å². The van der Waals surface area contributed by atoms with Gasteiger partial charge in [-0.2, -0.15) is 26.3 Å². The second-order valence-corrected chi connectivity index (χ2v) is 6.26. The summed E-state index contributed by atoms with van der Waals surface area (Å²) in [6, 6.07) is 16.2. The van der Waals surface area contributed by atoms with Crippen molar-refractivity contribution in [3.8, 4) is 0 Å². The Balaban J connectivity index is 0.000000467. The van der Waals surface area contributed by atoms with Crippen LogP contribution in [0.25, 0.3) is 0 Å². The number of hydrogen-bond donors (Lipinski definition) is 0. The quantitative estimate of drug-likeness (QED) is 0.170. The number of carbonyl (C=O) groups excluding carboxylic acids is 1. The van der Waals surface area contributed by atoms with Crippen molar-refractivity contribution < 1.29 is 46.1 Å². The predicted molar refractivity (Wildman–Crippen MR) is 91.3 cm³/mol. The molecular formula is C16H13F5O5S2. The first-order valence-electron chi connectivity index (χ1n) is 7.19. The highest BCUT2D eigenvalue weighted by Crippen LogP contribution is 2.42. The maximum absolute atomic E-state index is 13.3. The van der Waals surface area contributed by atoms with Crippen LogP contribution in [0.1, 0.15) is 10.4 Å². The Morgan fingerprint density at radius 1 is 0.964 bits per heavy atom. The van der Waals surface area contributed by atoms with Gasteiger partial charge in [-0.25, -0.2) is 4.79 Å². The average Bonchev–Trinajstić information content (AvgIpc) is 2.65. The van der Waals surface area contributed by atoms with Crippen LogP contribution in [0.3, 0.4) is 0 Å². The summed E-state index contributed by atoms with van der Waals surface area (Å²) in [7, 11) is 0. The van der Waals surface area contributed by atoms with Crippen molar-refractivity contribution in [2.45, 2.75) is 22.4 Å². The molecule has 0 radical (unpaired) electrons. The van der Waals surface area contributed by atoms with Crippen molar-refractivity contribution in [1.82, 2.24) is 0 Å². The first kappa shape index (κ1) is 24.2. The minimum atomic E-state index is -5.59. The fraction of sp³-hybridized carbons (Fsp3) is 0.188. The summed E-state index contributed by atoms with van der Waals surface area (Å²) in [4.78, 5) is 12.6. The van der Waals surface area contributed by atoms with Gasteiger partial charge in [0.15, 0.2) is 0 Å². The third-order valence-corrected chi connectivity index (χ3v) is 3.68. The van der Waals surface area contributed by atoms with E-state index < -0.39 is 35.5 Å². The Kier molecular flexibility index (Phi) is 9.69. The number of alkyl halides is 5. The lowest BCUT2D eigenvalue weighted by molar-refractivity contribution is -0.777. The van der Waals surface area contributed by atoms with E-state index in [-0.39, 0.29) is 5.56 Å². The van der Waals surface area contributed by atoms with Crippen LogP contribution in [0.2, 0.25) is 0 Å². The first-order chi connectivity index (χ1) is 13.1. The van der Waals surface area contributed by atoms with E-state index >= 15 is 0 Å². The summed E-state index contributed by atoms with van der Waals surface area (Å²) >= 11 is 2.14. The molecule has 0 aliphatic rings. The minimum absolute atomic E-state index is 0.353. The van der Waals surface area contributed by atoms with Gasteiger partial charge in [0.2, 0.25) is 0 Å². The van der Waals surface area contributed by atoms with Gasteiger partial charge in [0.05, 0.1) is 5.56 Å². The second-order valence-electron chi connectivity index (χ2n) is 4.84. The fourth-order valence-corrected chi connectivity index (χ4v) is 2.20. The standard InChI is InChI=1S/C10H7F5O5S.C6H6S/c11-9(12,13)8(10(14,15)21-20-19-17)18-7(16)6-4-2-1-3-5-6;7-6-4-2-1-3-5-6/h1-5,8,17H;1-5,7H. The summed E-state index contributed by atoms with van der Waals surface area (Å²) in [6.45, 7) is 0. The molecule has 0 heterocycles. The van der Waals surface area contributed by atoms with Crippen molar-refractivity contribution in [2.24, 2.45) is 0 Å². The summed E-state index contributed by atoms with van der Waals surface area (Å²) in [5.74, 6) is -1.61. The molecule has 28 heavy (non-hydrogen) atoms.